The summed E-state index contributed by atoms with van der Waals surface area (Å²) in [6, 6.07) is 11.8. The Kier molecular flexibility index (Phi) is 5.72. The van der Waals surface area contributed by atoms with Gasteiger partial charge in [0.15, 0.2) is 17.0 Å². The van der Waals surface area contributed by atoms with Crippen molar-refractivity contribution in [2.75, 3.05) is 44.9 Å². The van der Waals surface area contributed by atoms with Gasteiger partial charge in [-0.1, -0.05) is 18.2 Å². The van der Waals surface area contributed by atoms with Crippen molar-refractivity contribution >= 4 is 29.0 Å². The van der Waals surface area contributed by atoms with E-state index in [1.807, 2.05) is 6.92 Å². The van der Waals surface area contributed by atoms with Gasteiger partial charge < -0.3 is 29.1 Å². The first kappa shape index (κ1) is 22.9. The summed E-state index contributed by atoms with van der Waals surface area (Å²) in [6.45, 7) is 3.36. The fourth-order valence-electron chi connectivity index (χ4n) is 5.18. The van der Waals surface area contributed by atoms with Gasteiger partial charge in [0.2, 0.25) is 0 Å². The number of aliphatic hydroxyl groups excluding tert-OH is 1. The summed E-state index contributed by atoms with van der Waals surface area (Å²) in [6.07, 6.45) is 0.414. The molecule has 0 aliphatic carbocycles. The number of Topliss-reactive ketones (excluding diaryl/α,β-unsaturated/α-hetero) is 1. The standard InChI is InChI=1S/C26H26N2O7/c1-3-27-18-8-5-4-7-17(18)26(25(27)32)21(23(30)24(31)28(26)11-6-12-33-2)22(29)16-9-10-19-20(15-16)35-14-13-34-19/h4-5,7-10,15,29H,3,6,11-14H2,1-2H3. The lowest BCUT2D eigenvalue weighted by Crippen LogP contribution is -2.52. The average molecular weight is 479 g/mol. The number of aliphatic hydroxyl groups is 1. The zero-order chi connectivity index (χ0) is 24.7. The summed E-state index contributed by atoms with van der Waals surface area (Å²) in [4.78, 5) is 43.8. The van der Waals surface area contributed by atoms with E-state index < -0.39 is 28.9 Å². The normalized spacial score (nSPS) is 22.3. The quantitative estimate of drug-likeness (QED) is 0.294. The van der Waals surface area contributed by atoms with Crippen LogP contribution < -0.4 is 14.4 Å². The van der Waals surface area contributed by atoms with E-state index in [0.29, 0.717) is 55.5 Å². The van der Waals surface area contributed by atoms with Crippen LogP contribution in [0.4, 0.5) is 5.69 Å². The molecule has 0 saturated carbocycles. The number of ether oxygens (including phenoxy) is 3. The predicted molar refractivity (Wildman–Crippen MR) is 126 cm³/mol. The Labute approximate surface area is 202 Å². The van der Waals surface area contributed by atoms with Gasteiger partial charge in [0.05, 0.1) is 11.3 Å². The predicted octanol–water partition coefficient (Wildman–Crippen LogP) is 2.44. The molecule has 0 bridgehead atoms. The lowest BCUT2D eigenvalue weighted by Gasteiger charge is -2.34. The van der Waals surface area contributed by atoms with Gasteiger partial charge in [0.25, 0.3) is 17.6 Å². The average Bonchev–Trinajstić information content (AvgIpc) is 3.26. The number of fused-ring (bicyclic) bond motifs is 3. The Bertz CT molecular complexity index is 1250. The van der Waals surface area contributed by atoms with Crippen LogP contribution in [0, 0.1) is 0 Å². The summed E-state index contributed by atoms with van der Waals surface area (Å²) in [7, 11) is 1.54. The van der Waals surface area contributed by atoms with Crippen molar-refractivity contribution in [1.82, 2.24) is 4.90 Å². The molecule has 1 fully saturated rings. The summed E-state index contributed by atoms with van der Waals surface area (Å²) < 4.78 is 16.3. The zero-order valence-electron chi connectivity index (χ0n) is 19.6. The number of methoxy groups -OCH3 is 1. The lowest BCUT2D eigenvalue weighted by atomic mass is 9.81. The van der Waals surface area contributed by atoms with Crippen LogP contribution >= 0.6 is 0 Å². The van der Waals surface area contributed by atoms with Crippen LogP contribution in [-0.4, -0.2) is 67.6 Å². The Hall–Kier alpha value is -3.85. The number of anilines is 1. The van der Waals surface area contributed by atoms with Crippen molar-refractivity contribution < 1.29 is 33.7 Å². The zero-order valence-corrected chi connectivity index (χ0v) is 19.6. The van der Waals surface area contributed by atoms with E-state index in [0.717, 1.165) is 0 Å². The van der Waals surface area contributed by atoms with E-state index in [-0.39, 0.29) is 17.7 Å². The molecule has 3 aliphatic heterocycles. The molecule has 9 heteroatoms. The first-order valence-electron chi connectivity index (χ1n) is 11.6. The second-order valence-electron chi connectivity index (χ2n) is 8.49. The number of benzene rings is 2. The lowest BCUT2D eigenvalue weighted by molar-refractivity contribution is -0.143. The van der Waals surface area contributed by atoms with Crippen LogP contribution in [0.3, 0.4) is 0 Å². The van der Waals surface area contributed by atoms with Crippen LogP contribution in [0.1, 0.15) is 24.5 Å². The third kappa shape index (κ3) is 3.22. The second-order valence-corrected chi connectivity index (χ2v) is 8.49. The third-order valence-corrected chi connectivity index (χ3v) is 6.67. The minimum Gasteiger partial charge on any atom is -0.507 e. The highest BCUT2D eigenvalue weighted by molar-refractivity contribution is 6.50. The smallest absolute Gasteiger partial charge is 0.296 e. The van der Waals surface area contributed by atoms with Crippen LogP contribution in [0.5, 0.6) is 11.5 Å². The highest BCUT2D eigenvalue weighted by Crippen LogP contribution is 2.53. The number of likely N-dealkylation sites (tertiary alicyclic amines) is 1. The number of carbonyl (C=O) groups is 3. The molecule has 182 valence electrons. The number of likely N-dealkylation sites (N-methyl/N-ethyl adjacent to an activating group) is 1. The van der Waals surface area contributed by atoms with Crippen molar-refractivity contribution in [3.63, 3.8) is 0 Å². The monoisotopic (exact) mass is 478 g/mol. The molecule has 3 aliphatic rings. The maximum Gasteiger partial charge on any atom is 0.296 e. The molecule has 2 amide bonds. The van der Waals surface area contributed by atoms with Gasteiger partial charge in [-0.05, 0) is 37.6 Å². The number of amides is 2. The molecular weight excluding hydrogens is 452 g/mol. The van der Waals surface area contributed by atoms with Crippen molar-refractivity contribution in [3.8, 4) is 11.5 Å². The van der Waals surface area contributed by atoms with E-state index in [2.05, 4.69) is 0 Å². The molecule has 1 N–H and O–H groups in total. The Morgan fingerprint density at radius 1 is 1.09 bits per heavy atom. The number of hydrogen-bond donors (Lipinski definition) is 1. The molecule has 5 rings (SSSR count). The Morgan fingerprint density at radius 3 is 2.57 bits per heavy atom. The van der Waals surface area contributed by atoms with Gasteiger partial charge in [-0.15, -0.1) is 0 Å². The Balaban J connectivity index is 1.76. The summed E-state index contributed by atoms with van der Waals surface area (Å²) in [5.41, 5.74) is -0.672. The molecular formula is C26H26N2O7. The third-order valence-electron chi connectivity index (χ3n) is 6.67. The minimum absolute atomic E-state index is 0.105. The molecule has 3 heterocycles. The molecule has 2 aromatic rings. The molecule has 1 saturated heterocycles. The van der Waals surface area contributed by atoms with Crippen LogP contribution in [0.2, 0.25) is 0 Å². The van der Waals surface area contributed by atoms with E-state index in [9.17, 15) is 19.5 Å². The van der Waals surface area contributed by atoms with E-state index >= 15 is 0 Å². The number of rotatable bonds is 6. The maximum absolute atomic E-state index is 14.1. The van der Waals surface area contributed by atoms with E-state index in [4.69, 9.17) is 14.2 Å². The second kappa shape index (κ2) is 8.74. The van der Waals surface area contributed by atoms with Gasteiger partial charge in [-0.25, -0.2) is 0 Å². The molecule has 0 aromatic heterocycles. The molecule has 1 unspecified atom stereocenters. The summed E-state index contributed by atoms with van der Waals surface area (Å²) in [5, 5.41) is 11.5. The van der Waals surface area contributed by atoms with E-state index in [1.165, 1.54) is 4.90 Å². The number of ketones is 1. The van der Waals surface area contributed by atoms with Gasteiger partial charge in [-0.2, -0.15) is 0 Å². The van der Waals surface area contributed by atoms with Crippen molar-refractivity contribution in [3.05, 3.63) is 59.2 Å². The van der Waals surface area contributed by atoms with Crippen LogP contribution in [0.15, 0.2) is 48.0 Å². The fraction of sp³-hybridized carbons (Fsp3) is 0.346. The fourth-order valence-corrected chi connectivity index (χ4v) is 5.18. The van der Waals surface area contributed by atoms with E-state index in [1.54, 1.807) is 54.5 Å². The largest absolute Gasteiger partial charge is 0.507 e. The highest BCUT2D eigenvalue weighted by Gasteiger charge is 2.66. The van der Waals surface area contributed by atoms with Crippen LogP contribution in [-0.2, 0) is 24.7 Å². The van der Waals surface area contributed by atoms with Gasteiger partial charge >= 0.3 is 0 Å². The molecule has 1 atom stereocenters. The molecule has 2 aromatic carbocycles. The number of nitrogens with zero attached hydrogens (tertiary/aromatic N) is 2. The molecule has 35 heavy (non-hydrogen) atoms. The SMILES string of the molecule is CCN1C(=O)C2(C(=C(O)c3ccc4c(c3)OCCO4)C(=O)C(=O)N2CCCOC)c2ccccc21. The first-order valence-corrected chi connectivity index (χ1v) is 11.6. The van der Waals surface area contributed by atoms with Crippen molar-refractivity contribution in [2.45, 2.75) is 18.9 Å². The van der Waals surface area contributed by atoms with Crippen LogP contribution in [0.25, 0.3) is 5.76 Å². The maximum atomic E-state index is 14.1. The number of hydrogen-bond acceptors (Lipinski definition) is 7. The van der Waals surface area contributed by atoms with Gasteiger partial charge in [0, 0.05) is 37.9 Å². The number of carbonyl (C=O) groups excluding carboxylic acids is 3. The number of para-hydroxylation sites is 1. The molecule has 1 spiro atoms. The van der Waals surface area contributed by atoms with Crippen molar-refractivity contribution in [2.24, 2.45) is 0 Å². The topological polar surface area (TPSA) is 106 Å². The molecule has 9 nitrogen and oxygen atoms in total. The molecule has 0 radical (unpaired) electrons. The highest BCUT2D eigenvalue weighted by atomic mass is 16.6. The van der Waals surface area contributed by atoms with Gasteiger partial charge in [0.1, 0.15) is 19.0 Å². The summed E-state index contributed by atoms with van der Waals surface area (Å²) in [5.74, 6) is -1.69. The summed E-state index contributed by atoms with van der Waals surface area (Å²) >= 11 is 0. The first-order chi connectivity index (χ1) is 17.0. The Morgan fingerprint density at radius 2 is 1.83 bits per heavy atom. The minimum atomic E-state index is -1.77. The van der Waals surface area contributed by atoms with Crippen molar-refractivity contribution in [1.29, 1.82) is 0 Å². The van der Waals surface area contributed by atoms with Gasteiger partial charge in [-0.3, -0.25) is 14.4 Å².